The number of terminal acetylenes is 1. The van der Waals surface area contributed by atoms with E-state index in [1.807, 2.05) is 19.1 Å². The van der Waals surface area contributed by atoms with Gasteiger partial charge in [-0.1, -0.05) is 34.4 Å². The summed E-state index contributed by atoms with van der Waals surface area (Å²) in [5.74, 6) is 1.64. The van der Waals surface area contributed by atoms with Crippen LogP contribution < -0.4 is 5.32 Å². The number of aryl methyl sites for hydroxylation is 1. The van der Waals surface area contributed by atoms with Gasteiger partial charge in [-0.25, -0.2) is 4.39 Å². The number of halogens is 1. The molecule has 2 rings (SSSR count). The van der Waals surface area contributed by atoms with Crippen LogP contribution in [0.4, 0.5) is 4.39 Å². The Hall–Kier alpha value is -3.66. The molecule has 6 nitrogen and oxygen atoms in total. The lowest BCUT2D eigenvalue weighted by atomic mass is 9.98. The van der Waals surface area contributed by atoms with E-state index in [-0.39, 0.29) is 18.2 Å². The molecule has 0 fully saturated rings. The Balaban J connectivity index is 2.35. The number of hydrogen-bond donors (Lipinski definition) is 1. The van der Waals surface area contributed by atoms with Gasteiger partial charge in [0.25, 0.3) is 5.91 Å². The van der Waals surface area contributed by atoms with Gasteiger partial charge in [0, 0.05) is 29.3 Å². The van der Waals surface area contributed by atoms with Gasteiger partial charge in [0.1, 0.15) is 19.5 Å². The zero-order valence-corrected chi connectivity index (χ0v) is 17.7. The summed E-state index contributed by atoms with van der Waals surface area (Å²) in [5.41, 5.74) is 4.23. The number of oxime groups is 2. The molecule has 0 saturated heterocycles. The van der Waals surface area contributed by atoms with Gasteiger partial charge in [0.2, 0.25) is 0 Å². The van der Waals surface area contributed by atoms with E-state index in [4.69, 9.17) is 16.1 Å². The van der Waals surface area contributed by atoms with Gasteiger partial charge in [0.05, 0.1) is 5.71 Å². The van der Waals surface area contributed by atoms with E-state index in [9.17, 15) is 9.18 Å². The topological polar surface area (TPSA) is 72.3 Å². The fourth-order valence-corrected chi connectivity index (χ4v) is 2.92. The van der Waals surface area contributed by atoms with E-state index in [2.05, 4.69) is 21.5 Å². The second kappa shape index (κ2) is 10.2. The van der Waals surface area contributed by atoms with Crippen molar-refractivity contribution in [3.63, 3.8) is 0 Å². The molecule has 7 heteroatoms. The van der Waals surface area contributed by atoms with Gasteiger partial charge in [-0.15, -0.1) is 6.42 Å². The molecule has 156 valence electrons. The molecule has 0 aliphatic carbocycles. The normalized spacial score (nSPS) is 11.6. The largest absolute Gasteiger partial charge is 0.398 e. The molecular formula is C23H24FN3O3. The second-order valence-electron chi connectivity index (χ2n) is 6.53. The number of carbonyl (C=O) groups is 1. The van der Waals surface area contributed by atoms with E-state index in [1.165, 1.54) is 20.2 Å². The summed E-state index contributed by atoms with van der Waals surface area (Å²) in [6.45, 7) is 5.34. The third-order valence-corrected chi connectivity index (χ3v) is 4.60. The lowest BCUT2D eigenvalue weighted by Gasteiger charge is -2.13. The van der Waals surface area contributed by atoms with Gasteiger partial charge in [-0.3, -0.25) is 4.79 Å². The van der Waals surface area contributed by atoms with Crippen LogP contribution in [0.1, 0.15) is 40.3 Å². The molecule has 0 heterocycles. The van der Waals surface area contributed by atoms with Crippen LogP contribution in [0.3, 0.4) is 0 Å². The van der Waals surface area contributed by atoms with Gasteiger partial charge in [-0.05, 0) is 44.0 Å². The van der Waals surface area contributed by atoms with Crippen molar-refractivity contribution in [2.75, 3.05) is 14.2 Å². The van der Waals surface area contributed by atoms with Crippen molar-refractivity contribution in [2.45, 2.75) is 27.4 Å². The van der Waals surface area contributed by atoms with Crippen molar-refractivity contribution in [1.29, 1.82) is 0 Å². The highest BCUT2D eigenvalue weighted by Gasteiger charge is 2.19. The lowest BCUT2D eigenvalue weighted by Crippen LogP contribution is -2.29. The molecule has 0 atom stereocenters. The standard InChI is InChI=1S/C23H24FN3O3/c1-7-17-11-19(15(3)21(24)12-17)16(4)26-30-13-20-14(2)9-8-10-18(20)22(27-29-6)23(28)25-5/h1,8-12H,13H2,2-6H3,(H,25,28)/b26-16+,27-22+. The summed E-state index contributed by atoms with van der Waals surface area (Å²) in [4.78, 5) is 22.6. The maximum atomic E-state index is 14.1. The smallest absolute Gasteiger partial charge is 0.273 e. The number of nitrogens with zero attached hydrogens (tertiary/aromatic N) is 2. The first-order chi connectivity index (χ1) is 14.3. The molecular weight excluding hydrogens is 385 g/mol. The summed E-state index contributed by atoms with van der Waals surface area (Å²) in [7, 11) is 2.88. The number of hydrogen-bond acceptors (Lipinski definition) is 5. The van der Waals surface area contributed by atoms with Crippen LogP contribution in [0, 0.1) is 32.0 Å². The Kier molecular flexibility index (Phi) is 7.70. The molecule has 0 radical (unpaired) electrons. The summed E-state index contributed by atoms with van der Waals surface area (Å²) < 4.78 is 14.1. The third-order valence-electron chi connectivity index (χ3n) is 4.60. The highest BCUT2D eigenvalue weighted by molar-refractivity contribution is 6.45. The van der Waals surface area contributed by atoms with E-state index in [0.717, 1.165) is 11.1 Å². The Labute approximate surface area is 175 Å². The molecule has 1 N–H and O–H groups in total. The maximum absolute atomic E-state index is 14.1. The molecule has 0 aromatic heterocycles. The van der Waals surface area contributed by atoms with Crippen molar-refractivity contribution in [3.8, 4) is 12.3 Å². The fraction of sp³-hybridized carbons (Fsp3) is 0.261. The molecule has 0 aliphatic heterocycles. The van der Waals surface area contributed by atoms with Gasteiger partial charge in [0.15, 0.2) is 5.71 Å². The van der Waals surface area contributed by atoms with Crippen molar-refractivity contribution in [2.24, 2.45) is 10.3 Å². The van der Waals surface area contributed by atoms with Crippen LogP contribution >= 0.6 is 0 Å². The Morgan fingerprint density at radius 1 is 1.23 bits per heavy atom. The number of likely N-dealkylation sites (N-methyl/N-ethyl adjacent to an activating group) is 1. The van der Waals surface area contributed by atoms with Crippen LogP contribution in [0.2, 0.25) is 0 Å². The average molecular weight is 409 g/mol. The molecule has 1 amide bonds. The van der Waals surface area contributed by atoms with Crippen molar-refractivity contribution in [3.05, 3.63) is 69.5 Å². The van der Waals surface area contributed by atoms with Gasteiger partial charge >= 0.3 is 0 Å². The Morgan fingerprint density at radius 2 is 1.97 bits per heavy atom. The summed E-state index contributed by atoms with van der Waals surface area (Å²) >= 11 is 0. The molecule has 0 aliphatic rings. The lowest BCUT2D eigenvalue weighted by molar-refractivity contribution is -0.114. The molecule has 0 saturated carbocycles. The minimum Gasteiger partial charge on any atom is -0.398 e. The molecule has 2 aromatic carbocycles. The SMILES string of the molecule is C#Cc1cc(F)c(C)c(/C(C)=N/OCc2c(C)cccc2/C(=N\OC)C(=O)NC)c1. The predicted octanol–water partition coefficient (Wildman–Crippen LogP) is 3.46. The summed E-state index contributed by atoms with van der Waals surface area (Å²) in [6, 6.07) is 8.46. The first kappa shape index (κ1) is 22.6. The van der Waals surface area contributed by atoms with Crippen molar-refractivity contribution in [1.82, 2.24) is 5.32 Å². The zero-order valence-electron chi connectivity index (χ0n) is 17.7. The van der Waals surface area contributed by atoms with E-state index in [1.54, 1.807) is 26.0 Å². The molecule has 30 heavy (non-hydrogen) atoms. The number of benzene rings is 2. The maximum Gasteiger partial charge on any atom is 0.273 e. The minimum atomic E-state index is -0.401. The third kappa shape index (κ3) is 5.03. The number of nitrogens with one attached hydrogen (secondary N) is 1. The Bertz CT molecular complexity index is 1050. The molecule has 0 spiro atoms. The number of carbonyl (C=O) groups excluding carboxylic acids is 1. The molecule has 2 aromatic rings. The van der Waals surface area contributed by atoms with Crippen LogP contribution in [-0.4, -0.2) is 31.5 Å². The van der Waals surface area contributed by atoms with Crippen LogP contribution in [-0.2, 0) is 21.1 Å². The van der Waals surface area contributed by atoms with Crippen LogP contribution in [0.5, 0.6) is 0 Å². The Morgan fingerprint density at radius 3 is 2.60 bits per heavy atom. The predicted molar refractivity (Wildman–Crippen MR) is 115 cm³/mol. The highest BCUT2D eigenvalue weighted by atomic mass is 19.1. The first-order valence-electron chi connectivity index (χ1n) is 9.19. The van der Waals surface area contributed by atoms with Crippen molar-refractivity contribution >= 4 is 17.3 Å². The number of rotatable bonds is 7. The van der Waals surface area contributed by atoms with E-state index < -0.39 is 5.82 Å². The zero-order chi connectivity index (χ0) is 22.3. The van der Waals surface area contributed by atoms with Gasteiger partial charge < -0.3 is 15.0 Å². The number of amides is 1. The summed E-state index contributed by atoms with van der Waals surface area (Å²) in [5, 5.41) is 10.5. The summed E-state index contributed by atoms with van der Waals surface area (Å²) in [6.07, 6.45) is 5.39. The minimum absolute atomic E-state index is 0.0788. The highest BCUT2D eigenvalue weighted by Crippen LogP contribution is 2.19. The molecule has 0 unspecified atom stereocenters. The van der Waals surface area contributed by atoms with Crippen LogP contribution in [0.25, 0.3) is 0 Å². The molecule has 0 bridgehead atoms. The van der Waals surface area contributed by atoms with Crippen molar-refractivity contribution < 1.29 is 18.9 Å². The average Bonchev–Trinajstić information content (AvgIpc) is 2.74. The van der Waals surface area contributed by atoms with E-state index in [0.29, 0.717) is 28.0 Å². The monoisotopic (exact) mass is 409 g/mol. The second-order valence-corrected chi connectivity index (χ2v) is 6.53. The van der Waals surface area contributed by atoms with Crippen LogP contribution in [0.15, 0.2) is 40.6 Å². The van der Waals surface area contributed by atoms with Gasteiger partial charge in [-0.2, -0.15) is 0 Å². The fourth-order valence-electron chi connectivity index (χ4n) is 2.92. The quantitative estimate of drug-likeness (QED) is 0.432. The first-order valence-corrected chi connectivity index (χ1v) is 9.19. The van der Waals surface area contributed by atoms with E-state index >= 15 is 0 Å².